The number of carbonyl (C=O) groups excluding carboxylic acids is 1. The molecule has 1 aliphatic heterocycles. The predicted octanol–water partition coefficient (Wildman–Crippen LogP) is 3.13. The van der Waals surface area contributed by atoms with Crippen LogP contribution in [-0.4, -0.2) is 58.4 Å². The molecule has 1 aliphatic rings. The van der Waals surface area contributed by atoms with E-state index in [9.17, 15) is 4.79 Å². The minimum atomic E-state index is -0.0644. The molecular weight excluding hydrogens is 461 g/mol. The molecule has 1 aromatic heterocycles. The summed E-state index contributed by atoms with van der Waals surface area (Å²) in [6, 6.07) is 3.74. The van der Waals surface area contributed by atoms with Crippen LogP contribution in [0.2, 0.25) is 0 Å². The fourth-order valence-electron chi connectivity index (χ4n) is 2.63. The van der Waals surface area contributed by atoms with Crippen molar-refractivity contribution < 1.29 is 4.79 Å². The molecule has 1 aromatic rings. The van der Waals surface area contributed by atoms with Crippen LogP contribution in [-0.2, 0) is 4.79 Å². The van der Waals surface area contributed by atoms with Gasteiger partial charge in [-0.25, -0.2) is 4.98 Å². The number of pyridine rings is 1. The van der Waals surface area contributed by atoms with Crippen LogP contribution in [0.5, 0.6) is 0 Å². The number of anilines is 1. The van der Waals surface area contributed by atoms with Crippen molar-refractivity contribution in [2.45, 2.75) is 38.9 Å². The Morgan fingerprint density at radius 2 is 2.19 bits per heavy atom. The molecule has 1 amide bonds. The lowest BCUT2D eigenvalue weighted by atomic mass is 10.2. The number of thioether (sulfide) groups is 1. The van der Waals surface area contributed by atoms with E-state index >= 15 is 0 Å². The Bertz CT molecular complexity index is 606. The average Bonchev–Trinajstić information content (AvgIpc) is 2.55. The van der Waals surface area contributed by atoms with Crippen LogP contribution in [0, 0.1) is 6.92 Å². The zero-order valence-electron chi connectivity index (χ0n) is 16.0. The molecule has 0 atom stereocenters. The van der Waals surface area contributed by atoms with Crippen LogP contribution in [0.1, 0.15) is 32.8 Å². The minimum absolute atomic E-state index is 0. The number of carbonyl (C=O) groups is 1. The second-order valence-corrected chi connectivity index (χ2v) is 8.59. The summed E-state index contributed by atoms with van der Waals surface area (Å²) >= 11 is 2.00. The van der Waals surface area contributed by atoms with Gasteiger partial charge in [0.2, 0.25) is 5.91 Å². The molecule has 0 radical (unpaired) electrons. The van der Waals surface area contributed by atoms with Crippen LogP contribution in [0.15, 0.2) is 23.3 Å². The molecule has 0 bridgehead atoms. The first-order valence-corrected chi connectivity index (χ1v) is 9.78. The van der Waals surface area contributed by atoms with Crippen LogP contribution >= 0.6 is 35.7 Å². The van der Waals surface area contributed by atoms with Crippen molar-refractivity contribution in [2.75, 3.05) is 37.2 Å². The molecule has 2 rings (SSSR count). The van der Waals surface area contributed by atoms with Crippen LogP contribution < -0.4 is 10.6 Å². The quantitative estimate of drug-likeness (QED) is 0.377. The van der Waals surface area contributed by atoms with Gasteiger partial charge in [0.05, 0.1) is 6.54 Å². The smallest absolute Gasteiger partial charge is 0.227 e. The second-order valence-electron chi connectivity index (χ2n) is 6.78. The first-order valence-electron chi connectivity index (χ1n) is 8.79. The molecule has 2 heterocycles. The van der Waals surface area contributed by atoms with Crippen molar-refractivity contribution in [2.24, 2.45) is 4.99 Å². The normalized spacial score (nSPS) is 16.6. The number of aryl methyl sites for hydroxylation is 1. The van der Waals surface area contributed by atoms with Gasteiger partial charge in [-0.05, 0) is 39.3 Å². The van der Waals surface area contributed by atoms with Gasteiger partial charge in [-0.1, -0.05) is 6.07 Å². The first kappa shape index (κ1) is 23.0. The lowest BCUT2D eigenvalue weighted by molar-refractivity contribution is -0.116. The SMILES string of the molecule is CCNC(=NCCC(=O)Nc1ccc(C)cn1)N1CCSC(C)(C)C1.I. The van der Waals surface area contributed by atoms with Crippen molar-refractivity contribution in [3.05, 3.63) is 23.9 Å². The summed E-state index contributed by atoms with van der Waals surface area (Å²) in [5.74, 6) is 2.51. The molecule has 0 aromatic carbocycles. The maximum Gasteiger partial charge on any atom is 0.227 e. The van der Waals surface area contributed by atoms with Crippen molar-refractivity contribution >= 4 is 53.4 Å². The molecule has 6 nitrogen and oxygen atoms in total. The Balaban J connectivity index is 0.00000338. The highest BCUT2D eigenvalue weighted by Crippen LogP contribution is 2.29. The van der Waals surface area contributed by atoms with E-state index in [1.165, 1.54) is 0 Å². The van der Waals surface area contributed by atoms with E-state index in [0.717, 1.165) is 36.9 Å². The lowest BCUT2D eigenvalue weighted by Gasteiger charge is -2.39. The van der Waals surface area contributed by atoms with Gasteiger partial charge in [0.25, 0.3) is 0 Å². The third-order valence-corrected chi connectivity index (χ3v) is 5.14. The van der Waals surface area contributed by atoms with E-state index in [-0.39, 0.29) is 34.6 Å². The van der Waals surface area contributed by atoms with Gasteiger partial charge < -0.3 is 15.5 Å². The standard InChI is InChI=1S/C18H29N5OS.HI/c1-5-19-17(23-10-11-25-18(3,4)13-23)20-9-8-16(24)22-15-7-6-14(2)12-21-15;/h6-7,12H,5,8-11,13H2,1-4H3,(H,19,20)(H,21,22,24);1H. The number of nitrogens with one attached hydrogen (secondary N) is 2. The fourth-order valence-corrected chi connectivity index (χ4v) is 3.74. The Morgan fingerprint density at radius 3 is 2.81 bits per heavy atom. The molecule has 0 unspecified atom stereocenters. The van der Waals surface area contributed by atoms with Crippen molar-refractivity contribution in [1.29, 1.82) is 0 Å². The maximum atomic E-state index is 12.1. The second kappa shape index (κ2) is 11.0. The third-order valence-electron chi connectivity index (χ3n) is 3.84. The topological polar surface area (TPSA) is 69.6 Å². The van der Waals surface area contributed by atoms with Crippen LogP contribution in [0.3, 0.4) is 0 Å². The molecule has 0 spiro atoms. The van der Waals surface area contributed by atoms with Crippen molar-refractivity contribution in [3.63, 3.8) is 0 Å². The number of nitrogens with zero attached hydrogens (tertiary/aromatic N) is 3. The number of amides is 1. The Hall–Kier alpha value is -1.03. The summed E-state index contributed by atoms with van der Waals surface area (Å²) in [7, 11) is 0. The maximum absolute atomic E-state index is 12.1. The molecule has 8 heteroatoms. The van der Waals surface area contributed by atoms with Crippen LogP contribution in [0.25, 0.3) is 0 Å². The summed E-state index contributed by atoms with van der Waals surface area (Å²) in [6.45, 7) is 11.8. The number of rotatable bonds is 5. The van der Waals surface area contributed by atoms with E-state index in [4.69, 9.17) is 0 Å². The van der Waals surface area contributed by atoms with Gasteiger partial charge in [0.1, 0.15) is 5.82 Å². The average molecular weight is 491 g/mol. The zero-order chi connectivity index (χ0) is 18.3. The van der Waals surface area contributed by atoms with E-state index < -0.39 is 0 Å². The summed E-state index contributed by atoms with van der Waals surface area (Å²) in [6.07, 6.45) is 2.09. The zero-order valence-corrected chi connectivity index (χ0v) is 19.2. The van der Waals surface area contributed by atoms with Gasteiger partial charge in [-0.2, -0.15) is 11.8 Å². The number of guanidine groups is 1. The highest BCUT2D eigenvalue weighted by Gasteiger charge is 2.28. The Morgan fingerprint density at radius 1 is 1.42 bits per heavy atom. The number of halogens is 1. The molecule has 1 fully saturated rings. The van der Waals surface area contributed by atoms with E-state index in [1.54, 1.807) is 6.20 Å². The Labute approximate surface area is 178 Å². The van der Waals surface area contributed by atoms with E-state index in [1.807, 2.05) is 30.8 Å². The molecular formula is C18H30IN5OS. The highest BCUT2D eigenvalue weighted by molar-refractivity contribution is 14.0. The molecule has 0 aliphatic carbocycles. The van der Waals surface area contributed by atoms with E-state index in [0.29, 0.717) is 18.8 Å². The van der Waals surface area contributed by atoms with Crippen molar-refractivity contribution in [1.82, 2.24) is 15.2 Å². The summed E-state index contributed by atoms with van der Waals surface area (Å²) < 4.78 is 0.225. The monoisotopic (exact) mass is 491 g/mol. The summed E-state index contributed by atoms with van der Waals surface area (Å²) in [4.78, 5) is 23.2. The Kier molecular flexibility index (Phi) is 9.70. The number of aliphatic imine (C=N–C) groups is 1. The first-order chi connectivity index (χ1) is 11.9. The van der Waals surface area contributed by atoms with Crippen molar-refractivity contribution in [3.8, 4) is 0 Å². The van der Waals surface area contributed by atoms with Gasteiger partial charge in [-0.15, -0.1) is 24.0 Å². The fraction of sp³-hybridized carbons (Fsp3) is 0.611. The molecule has 146 valence electrons. The minimum Gasteiger partial charge on any atom is -0.357 e. The van der Waals surface area contributed by atoms with Gasteiger partial charge in [0, 0.05) is 42.8 Å². The number of aromatic nitrogens is 1. The molecule has 1 saturated heterocycles. The van der Waals surface area contributed by atoms with Gasteiger partial charge in [-0.3, -0.25) is 9.79 Å². The highest BCUT2D eigenvalue weighted by atomic mass is 127. The summed E-state index contributed by atoms with van der Waals surface area (Å²) in [5, 5.41) is 6.15. The third kappa shape index (κ3) is 7.69. The van der Waals surface area contributed by atoms with Crippen LogP contribution in [0.4, 0.5) is 5.82 Å². The van der Waals surface area contributed by atoms with Gasteiger partial charge >= 0.3 is 0 Å². The molecule has 0 saturated carbocycles. The van der Waals surface area contributed by atoms with E-state index in [2.05, 4.69) is 46.3 Å². The molecule has 2 N–H and O–H groups in total. The summed E-state index contributed by atoms with van der Waals surface area (Å²) in [5.41, 5.74) is 1.07. The number of hydrogen-bond donors (Lipinski definition) is 2. The molecule has 26 heavy (non-hydrogen) atoms. The number of hydrogen-bond acceptors (Lipinski definition) is 4. The predicted molar refractivity (Wildman–Crippen MR) is 122 cm³/mol. The lowest BCUT2D eigenvalue weighted by Crippen LogP contribution is -2.51. The largest absolute Gasteiger partial charge is 0.357 e. The van der Waals surface area contributed by atoms with Gasteiger partial charge in [0.15, 0.2) is 5.96 Å².